The molecule has 6 rings (SSSR count). The molecule has 6 aromatic carbocycles. The van der Waals surface area contributed by atoms with Crippen molar-refractivity contribution in [1.29, 1.82) is 0 Å². The Morgan fingerprint density at radius 1 is 0.549 bits per heavy atom. The number of benzene rings is 4. The van der Waals surface area contributed by atoms with E-state index < -0.39 is 0 Å². The van der Waals surface area contributed by atoms with Gasteiger partial charge in [-0.25, -0.2) is 0 Å². The first-order valence-electron chi connectivity index (χ1n) is 18.2. The van der Waals surface area contributed by atoms with Crippen molar-refractivity contribution in [3.05, 3.63) is 142 Å². The van der Waals surface area contributed by atoms with Crippen LogP contribution in [0.3, 0.4) is 0 Å². The van der Waals surface area contributed by atoms with Gasteiger partial charge in [0.25, 0.3) is 0 Å². The van der Waals surface area contributed by atoms with Crippen LogP contribution in [-0.4, -0.2) is 32.5 Å². The van der Waals surface area contributed by atoms with E-state index in [1.54, 1.807) is 28.2 Å². The molecular formula is C48H62N2Ti-2. The zero-order valence-electron chi connectivity index (χ0n) is 33.8. The Labute approximate surface area is 322 Å². The zero-order chi connectivity index (χ0) is 38.2. The third-order valence-electron chi connectivity index (χ3n) is 8.56. The van der Waals surface area contributed by atoms with Gasteiger partial charge in [0.15, 0.2) is 0 Å². The zero-order valence-corrected chi connectivity index (χ0v) is 35.3. The molecule has 0 radical (unpaired) electrons. The maximum atomic E-state index is 3.50. The van der Waals surface area contributed by atoms with E-state index in [1.165, 1.54) is 66.1 Å². The number of hydrogen-bond acceptors (Lipinski definition) is 0. The van der Waals surface area contributed by atoms with Crippen molar-refractivity contribution in [3.8, 4) is 22.3 Å². The number of nitrogens with zero attached hydrogens (tertiary/aromatic N) is 2. The van der Waals surface area contributed by atoms with Crippen molar-refractivity contribution >= 4 is 25.9 Å². The maximum Gasteiger partial charge on any atom is -0.162 e. The van der Waals surface area contributed by atoms with E-state index in [1.807, 2.05) is 31.2 Å². The van der Waals surface area contributed by atoms with Gasteiger partial charge in [-0.15, -0.1) is 69.1 Å². The Kier molecular flexibility index (Phi) is 18.2. The fraction of sp³-hybridized carbons (Fsp3) is 0.354. The van der Waals surface area contributed by atoms with Gasteiger partial charge in [0, 0.05) is 0 Å². The number of aryl methyl sites for hydroxylation is 2. The van der Waals surface area contributed by atoms with Gasteiger partial charge in [0.1, 0.15) is 0 Å². The average molecular weight is 715 g/mol. The summed E-state index contributed by atoms with van der Waals surface area (Å²) in [7, 11) is 7.00. The summed E-state index contributed by atoms with van der Waals surface area (Å²) in [5.74, 6) is 0. The molecule has 0 saturated carbocycles. The van der Waals surface area contributed by atoms with Gasteiger partial charge in [0.2, 0.25) is 0 Å². The van der Waals surface area contributed by atoms with Gasteiger partial charge in [0.05, 0.1) is 0 Å². The Hall–Kier alpha value is -3.40. The van der Waals surface area contributed by atoms with Crippen molar-refractivity contribution < 1.29 is 20.0 Å². The van der Waals surface area contributed by atoms with Gasteiger partial charge in [-0.2, -0.15) is 40.3 Å². The summed E-state index contributed by atoms with van der Waals surface area (Å²) in [6, 6.07) is 40.6. The number of rotatable bonds is 4. The van der Waals surface area contributed by atoms with Crippen molar-refractivity contribution in [2.24, 2.45) is 0 Å². The normalized spacial score (nSPS) is 10.9. The second kappa shape index (κ2) is 21.2. The Morgan fingerprint density at radius 2 is 0.843 bits per heavy atom. The smallest absolute Gasteiger partial charge is 0.162 e. The number of hydrogen-bond donors (Lipinski definition) is 0. The standard InChI is InChI=1S/2C21H23.2C2H6N.C2H4.Ti/c2*1-5-15-13-17-7-6-8-19(20(17)14-15)16-9-11-18(12-10-16)21(2,3)4;2*1-3-2;1-2;/h2*6-14H,5H2,1-4H3;2*1-2H3;1H,2H3;/q4*-1;;+2. The van der Waals surface area contributed by atoms with Crippen LogP contribution in [0.2, 0.25) is 0 Å². The SMILES string of the molecule is CCc1cc2c(-c3ccc(C(C)(C)C)cc3)cccc2[cH-]1.CCc1cc2c(-c3ccc(C(C)(C)C)cc3)cccc2[cH-]1.C[CH]=[Ti+2].C[N-]C.C[N-]C. The molecule has 270 valence electrons. The average Bonchev–Trinajstić information content (AvgIpc) is 3.73. The molecule has 0 heterocycles. The minimum absolute atomic E-state index is 0.209. The molecule has 0 unspecified atom stereocenters. The summed E-state index contributed by atoms with van der Waals surface area (Å²) in [5.41, 5.74) is 11.3. The second-order valence-electron chi connectivity index (χ2n) is 14.9. The summed E-state index contributed by atoms with van der Waals surface area (Å²) in [4.78, 5) is 0. The predicted octanol–water partition coefficient (Wildman–Crippen LogP) is 13.8. The van der Waals surface area contributed by atoms with E-state index in [2.05, 4.69) is 175 Å². The quantitative estimate of drug-likeness (QED) is 0.128. The minimum Gasteiger partial charge on any atom is -0.668 e. The number of fused-ring (bicyclic) bond motifs is 2. The fourth-order valence-corrected chi connectivity index (χ4v) is 5.80. The van der Waals surface area contributed by atoms with Gasteiger partial charge in [-0.3, -0.25) is 0 Å². The molecule has 2 nitrogen and oxygen atoms in total. The van der Waals surface area contributed by atoms with E-state index in [-0.39, 0.29) is 10.8 Å². The van der Waals surface area contributed by atoms with Crippen LogP contribution >= 0.6 is 0 Å². The van der Waals surface area contributed by atoms with Crippen LogP contribution < -0.4 is 0 Å². The van der Waals surface area contributed by atoms with Crippen LogP contribution in [-0.2, 0) is 43.6 Å². The fourth-order valence-electron chi connectivity index (χ4n) is 5.80. The first-order valence-corrected chi connectivity index (χ1v) is 19.1. The van der Waals surface area contributed by atoms with Gasteiger partial charge >= 0.3 is 31.2 Å². The van der Waals surface area contributed by atoms with E-state index >= 15 is 0 Å². The first kappa shape index (κ1) is 43.8. The molecule has 0 spiro atoms. The van der Waals surface area contributed by atoms with E-state index in [4.69, 9.17) is 0 Å². The molecule has 6 aromatic rings. The molecule has 0 aliphatic carbocycles. The van der Waals surface area contributed by atoms with Crippen molar-refractivity contribution in [2.45, 2.75) is 86.0 Å². The largest absolute Gasteiger partial charge is 0.668 e. The molecule has 0 atom stereocenters. The summed E-state index contributed by atoms with van der Waals surface area (Å²) in [6.45, 7) is 20.0. The molecule has 51 heavy (non-hydrogen) atoms. The first-order chi connectivity index (χ1) is 24.2. The topological polar surface area (TPSA) is 28.2 Å². The van der Waals surface area contributed by atoms with Gasteiger partial charge in [-0.05, 0) is 45.9 Å². The van der Waals surface area contributed by atoms with Crippen LogP contribution in [0.25, 0.3) is 54.4 Å². The molecule has 0 aromatic heterocycles. The van der Waals surface area contributed by atoms with Crippen LogP contribution in [0.15, 0.2) is 109 Å². The molecule has 0 aliphatic heterocycles. The molecule has 0 N–H and O–H groups in total. The third kappa shape index (κ3) is 13.0. The van der Waals surface area contributed by atoms with Crippen molar-refractivity contribution in [3.63, 3.8) is 0 Å². The molecular weight excluding hydrogens is 652 g/mol. The van der Waals surface area contributed by atoms with E-state index in [0.29, 0.717) is 0 Å². The van der Waals surface area contributed by atoms with Crippen molar-refractivity contribution in [1.82, 2.24) is 0 Å². The van der Waals surface area contributed by atoms with Gasteiger partial charge < -0.3 is 10.6 Å². The Bertz CT molecular complexity index is 1730. The predicted molar refractivity (Wildman–Crippen MR) is 228 cm³/mol. The Morgan fingerprint density at radius 3 is 1.10 bits per heavy atom. The maximum absolute atomic E-state index is 3.50. The summed E-state index contributed by atoms with van der Waals surface area (Å²) in [5, 5.41) is 12.4. The van der Waals surface area contributed by atoms with Crippen LogP contribution in [0.4, 0.5) is 0 Å². The molecule has 0 bridgehead atoms. The minimum atomic E-state index is 0.209. The molecule has 0 amide bonds. The molecule has 0 fully saturated rings. The van der Waals surface area contributed by atoms with Crippen molar-refractivity contribution in [2.75, 3.05) is 28.2 Å². The molecule has 0 saturated heterocycles. The summed E-state index contributed by atoms with van der Waals surface area (Å²) in [6.07, 6.45) is 2.19. The van der Waals surface area contributed by atoms with E-state index in [0.717, 1.165) is 12.8 Å². The Balaban J connectivity index is 0.000000287. The van der Waals surface area contributed by atoms with Crippen LogP contribution in [0.1, 0.15) is 84.6 Å². The molecule has 3 heteroatoms. The van der Waals surface area contributed by atoms with Crippen LogP contribution in [0, 0.1) is 0 Å². The monoisotopic (exact) mass is 714 g/mol. The van der Waals surface area contributed by atoms with Crippen LogP contribution in [0.5, 0.6) is 0 Å². The summed E-state index contributed by atoms with van der Waals surface area (Å²) < 4.78 is 2.00. The second-order valence-corrected chi connectivity index (χ2v) is 15.8. The molecule has 0 aliphatic rings. The summed E-state index contributed by atoms with van der Waals surface area (Å²) >= 11 is 2.00. The van der Waals surface area contributed by atoms with Gasteiger partial charge in [-0.1, -0.05) is 127 Å². The van der Waals surface area contributed by atoms with E-state index in [9.17, 15) is 0 Å². The third-order valence-corrected chi connectivity index (χ3v) is 8.56.